The van der Waals surface area contributed by atoms with Crippen LogP contribution in [0.3, 0.4) is 0 Å². The number of amides is 1. The molecule has 208 valence electrons. The maximum Gasteiger partial charge on any atom is 0.241 e. The molecule has 40 heavy (non-hydrogen) atoms. The van der Waals surface area contributed by atoms with Crippen LogP contribution < -0.4 is 21.5 Å². The summed E-state index contributed by atoms with van der Waals surface area (Å²) in [6.45, 7) is 0. The SMILES string of the molecule is N=C(N)c1cccc(C[C@@H](NS(=O)(=O)c2cccc(NC(=O)C3CCC(N)CC3)c2)c2nc3ccccc3s2)c1. The van der Waals surface area contributed by atoms with E-state index in [-0.39, 0.29) is 28.6 Å². The maximum absolute atomic E-state index is 13.7. The van der Waals surface area contributed by atoms with E-state index in [1.807, 2.05) is 30.3 Å². The number of nitrogens with one attached hydrogen (secondary N) is 3. The van der Waals surface area contributed by atoms with E-state index in [9.17, 15) is 13.2 Å². The molecule has 0 unspecified atom stereocenters. The van der Waals surface area contributed by atoms with Gasteiger partial charge in [0.05, 0.1) is 21.2 Å². The van der Waals surface area contributed by atoms with Crippen molar-refractivity contribution in [3.05, 3.63) is 88.9 Å². The van der Waals surface area contributed by atoms with Crippen LogP contribution in [0.2, 0.25) is 0 Å². The van der Waals surface area contributed by atoms with Crippen molar-refractivity contribution in [2.45, 2.75) is 49.1 Å². The third-order valence-electron chi connectivity index (χ3n) is 7.14. The summed E-state index contributed by atoms with van der Waals surface area (Å²) in [5.74, 6) is -0.312. The number of fused-ring (bicyclic) bond motifs is 1. The first-order valence-electron chi connectivity index (χ1n) is 13.2. The standard InChI is InChI=1S/C29H32N6O3S2/c30-21-13-11-19(12-14-21)28(36)33-22-7-4-8-23(17-22)40(37,38)35-25(16-18-5-3-6-20(15-18)27(31)32)29-34-24-9-1-2-10-26(24)39-29/h1-10,15,17,19,21,25,35H,11-14,16,30H2,(H3,31,32)(H,33,36)/t19?,21?,25-/m1/s1. The van der Waals surface area contributed by atoms with E-state index < -0.39 is 16.1 Å². The van der Waals surface area contributed by atoms with Gasteiger partial charge in [0.2, 0.25) is 15.9 Å². The smallest absolute Gasteiger partial charge is 0.241 e. The van der Waals surface area contributed by atoms with Gasteiger partial charge < -0.3 is 16.8 Å². The van der Waals surface area contributed by atoms with E-state index in [0.29, 0.717) is 22.7 Å². The van der Waals surface area contributed by atoms with Gasteiger partial charge >= 0.3 is 0 Å². The number of nitrogen functional groups attached to an aromatic ring is 1. The van der Waals surface area contributed by atoms with Crippen molar-refractivity contribution in [1.29, 1.82) is 5.41 Å². The number of para-hydroxylation sites is 1. The number of aromatic nitrogens is 1. The van der Waals surface area contributed by atoms with Gasteiger partial charge in [-0.15, -0.1) is 11.3 Å². The minimum Gasteiger partial charge on any atom is -0.384 e. The van der Waals surface area contributed by atoms with Crippen LogP contribution in [0.25, 0.3) is 10.2 Å². The molecule has 1 aromatic heterocycles. The largest absolute Gasteiger partial charge is 0.384 e. The fourth-order valence-corrected chi connectivity index (χ4v) is 7.28. The van der Waals surface area contributed by atoms with Gasteiger partial charge in [0.25, 0.3) is 0 Å². The molecule has 1 amide bonds. The van der Waals surface area contributed by atoms with Gasteiger partial charge in [-0.1, -0.05) is 36.4 Å². The number of nitrogens with two attached hydrogens (primary N) is 2. The van der Waals surface area contributed by atoms with Crippen LogP contribution in [0, 0.1) is 11.3 Å². The summed E-state index contributed by atoms with van der Waals surface area (Å²) in [7, 11) is -4.00. The monoisotopic (exact) mass is 576 g/mol. The van der Waals surface area contributed by atoms with E-state index in [2.05, 4.69) is 10.0 Å². The molecule has 1 fully saturated rings. The number of anilines is 1. The molecule has 1 atom stereocenters. The van der Waals surface area contributed by atoms with Gasteiger partial charge in [0.1, 0.15) is 10.8 Å². The summed E-state index contributed by atoms with van der Waals surface area (Å²) >= 11 is 1.43. The molecule has 0 spiro atoms. The minimum absolute atomic E-state index is 0.0413. The molecule has 7 N–H and O–H groups in total. The number of hydrogen-bond donors (Lipinski definition) is 5. The fourth-order valence-electron chi connectivity index (χ4n) is 4.94. The van der Waals surface area contributed by atoms with Crippen LogP contribution in [-0.4, -0.2) is 31.2 Å². The van der Waals surface area contributed by atoms with Crippen LogP contribution in [0.15, 0.2) is 77.7 Å². The molecule has 0 aliphatic heterocycles. The highest BCUT2D eigenvalue weighted by Gasteiger charge is 2.27. The molecule has 1 saturated carbocycles. The second-order valence-corrected chi connectivity index (χ2v) is 12.9. The molecule has 1 aliphatic carbocycles. The van der Waals surface area contributed by atoms with Gasteiger partial charge in [-0.25, -0.2) is 18.1 Å². The average molecular weight is 577 g/mol. The second kappa shape index (κ2) is 11.8. The van der Waals surface area contributed by atoms with E-state index in [1.165, 1.54) is 23.5 Å². The lowest BCUT2D eigenvalue weighted by Gasteiger charge is -2.25. The Kier molecular flexibility index (Phi) is 8.27. The zero-order valence-electron chi connectivity index (χ0n) is 21.8. The van der Waals surface area contributed by atoms with Crippen molar-refractivity contribution in [2.24, 2.45) is 17.4 Å². The highest BCUT2D eigenvalue weighted by atomic mass is 32.2. The quantitative estimate of drug-likeness (QED) is 0.147. The van der Waals surface area contributed by atoms with Gasteiger partial charge in [-0.05, 0) is 74.1 Å². The van der Waals surface area contributed by atoms with Crippen LogP contribution >= 0.6 is 11.3 Å². The zero-order chi connectivity index (χ0) is 28.3. The Bertz CT molecular complexity index is 1610. The topological polar surface area (TPSA) is 164 Å². The Morgan fingerprint density at radius 1 is 1.02 bits per heavy atom. The lowest BCUT2D eigenvalue weighted by molar-refractivity contribution is -0.120. The molecule has 11 heteroatoms. The predicted molar refractivity (Wildman–Crippen MR) is 159 cm³/mol. The molecular formula is C29H32N6O3S2. The van der Waals surface area contributed by atoms with Crippen molar-refractivity contribution in [1.82, 2.24) is 9.71 Å². The number of nitrogens with zero attached hydrogens (tertiary/aromatic N) is 1. The molecule has 0 bridgehead atoms. The number of carbonyl (C=O) groups excluding carboxylic acids is 1. The highest BCUT2D eigenvalue weighted by Crippen LogP contribution is 2.30. The molecule has 4 aromatic rings. The van der Waals surface area contributed by atoms with Gasteiger partial charge in [-0.2, -0.15) is 0 Å². The molecule has 0 radical (unpaired) electrons. The lowest BCUT2D eigenvalue weighted by Crippen LogP contribution is -2.32. The van der Waals surface area contributed by atoms with E-state index in [0.717, 1.165) is 41.5 Å². The molecule has 9 nitrogen and oxygen atoms in total. The molecule has 5 rings (SSSR count). The minimum atomic E-state index is -4.00. The number of benzene rings is 3. The Hall–Kier alpha value is -3.64. The van der Waals surface area contributed by atoms with Crippen LogP contribution in [0.4, 0.5) is 5.69 Å². The summed E-state index contributed by atoms with van der Waals surface area (Å²) < 4.78 is 31.1. The van der Waals surface area contributed by atoms with Gasteiger partial charge in [0.15, 0.2) is 0 Å². The maximum atomic E-state index is 13.7. The molecule has 1 aliphatic rings. The third-order valence-corrected chi connectivity index (χ3v) is 9.76. The Balaban J connectivity index is 1.40. The van der Waals surface area contributed by atoms with E-state index in [1.54, 1.807) is 30.3 Å². The van der Waals surface area contributed by atoms with Crippen molar-refractivity contribution in [3.8, 4) is 0 Å². The summed E-state index contributed by atoms with van der Waals surface area (Å²) in [4.78, 5) is 17.6. The predicted octanol–water partition coefficient (Wildman–Crippen LogP) is 4.30. The number of amidine groups is 1. The van der Waals surface area contributed by atoms with Crippen molar-refractivity contribution in [3.63, 3.8) is 0 Å². The van der Waals surface area contributed by atoms with Crippen LogP contribution in [-0.2, 0) is 21.2 Å². The second-order valence-electron chi connectivity index (χ2n) is 10.1. The normalized spacial score (nSPS) is 18.3. The Morgan fingerprint density at radius 2 is 1.77 bits per heavy atom. The van der Waals surface area contributed by atoms with E-state index >= 15 is 0 Å². The number of hydrogen-bond acceptors (Lipinski definition) is 7. The first kappa shape index (κ1) is 27.9. The van der Waals surface area contributed by atoms with Crippen molar-refractivity contribution < 1.29 is 13.2 Å². The summed E-state index contributed by atoms with van der Waals surface area (Å²) in [6.07, 6.45) is 3.36. The Morgan fingerprint density at radius 3 is 2.52 bits per heavy atom. The van der Waals surface area contributed by atoms with Crippen LogP contribution in [0.1, 0.15) is 47.9 Å². The summed E-state index contributed by atoms with van der Waals surface area (Å²) in [6, 6.07) is 20.6. The average Bonchev–Trinajstić information content (AvgIpc) is 3.38. The molecular weight excluding hydrogens is 544 g/mol. The number of sulfonamides is 1. The molecule has 0 saturated heterocycles. The van der Waals surface area contributed by atoms with Crippen LogP contribution in [0.5, 0.6) is 0 Å². The van der Waals surface area contributed by atoms with E-state index in [4.69, 9.17) is 21.9 Å². The zero-order valence-corrected chi connectivity index (χ0v) is 23.5. The molecule has 3 aromatic carbocycles. The van der Waals surface area contributed by atoms with Gasteiger partial charge in [0, 0.05) is 23.2 Å². The third kappa shape index (κ3) is 6.56. The van der Waals surface area contributed by atoms with Crippen molar-refractivity contribution in [2.75, 3.05) is 5.32 Å². The van der Waals surface area contributed by atoms with Crippen molar-refractivity contribution >= 4 is 49.0 Å². The Labute approximate surface area is 237 Å². The number of rotatable bonds is 9. The summed E-state index contributed by atoms with van der Waals surface area (Å²) in [5, 5.41) is 11.3. The molecule has 1 heterocycles. The van der Waals surface area contributed by atoms with Gasteiger partial charge in [-0.3, -0.25) is 10.2 Å². The number of carbonyl (C=O) groups is 1. The number of thiazole rings is 1. The summed E-state index contributed by atoms with van der Waals surface area (Å²) in [5.41, 5.74) is 14.2. The fraction of sp³-hybridized carbons (Fsp3) is 0.276. The highest BCUT2D eigenvalue weighted by molar-refractivity contribution is 7.89. The first-order chi connectivity index (χ1) is 19.2. The lowest BCUT2D eigenvalue weighted by atomic mass is 9.86. The first-order valence-corrected chi connectivity index (χ1v) is 15.5.